The molecule has 2 aromatic carbocycles. The lowest BCUT2D eigenvalue weighted by Gasteiger charge is -2.43. The van der Waals surface area contributed by atoms with E-state index >= 15 is 0 Å². The molecule has 0 aromatic heterocycles. The second-order valence-electron chi connectivity index (χ2n) is 8.85. The number of ether oxygens (including phenoxy) is 2. The lowest BCUT2D eigenvalue weighted by atomic mass is 10.1. The van der Waals surface area contributed by atoms with Crippen molar-refractivity contribution in [3.8, 4) is 0 Å². The first-order valence-corrected chi connectivity index (χ1v) is 13.4. The summed E-state index contributed by atoms with van der Waals surface area (Å²) in [6, 6.07) is 7.95. The van der Waals surface area contributed by atoms with Gasteiger partial charge in [-0.2, -0.15) is 0 Å². The number of esters is 1. The van der Waals surface area contributed by atoms with Crippen molar-refractivity contribution in [3.05, 3.63) is 69.7 Å². The number of carbonyl (C=O) groups is 1. The van der Waals surface area contributed by atoms with Crippen LogP contribution in [0, 0.1) is 11.6 Å². The molecule has 2 fully saturated rings. The number of nitrogens with one attached hydrogen (secondary N) is 1. The number of hydrogen-bond acceptors (Lipinski definition) is 7. The molecule has 1 unspecified atom stereocenters. The van der Waals surface area contributed by atoms with Crippen LogP contribution in [0.1, 0.15) is 26.7 Å². The average Bonchev–Trinajstić information content (AvgIpc) is 2.83. The van der Waals surface area contributed by atoms with Gasteiger partial charge in [-0.1, -0.05) is 23.7 Å². The molecule has 2 aliphatic heterocycles. The lowest BCUT2D eigenvalue weighted by Crippen LogP contribution is -2.57. The fraction of sp³-hybridized carbons (Fsp3) is 0.458. The van der Waals surface area contributed by atoms with Crippen molar-refractivity contribution < 1.29 is 31.5 Å². The number of carbonyl (C=O) groups excluding carboxylic acids is 1. The maximum atomic E-state index is 14.5. The van der Waals surface area contributed by atoms with Crippen molar-refractivity contribution >= 4 is 27.6 Å². The van der Waals surface area contributed by atoms with Gasteiger partial charge in [-0.25, -0.2) is 26.7 Å². The van der Waals surface area contributed by atoms with E-state index < -0.39 is 32.9 Å². The zero-order valence-corrected chi connectivity index (χ0v) is 21.3. The van der Waals surface area contributed by atoms with E-state index in [9.17, 15) is 22.0 Å². The minimum atomic E-state index is -4.04. The molecule has 0 radical (unpaired) electrons. The predicted molar refractivity (Wildman–Crippen MR) is 130 cm³/mol. The first kappa shape index (κ1) is 26.9. The lowest BCUT2D eigenvalue weighted by molar-refractivity contribution is -0.0768. The van der Waals surface area contributed by atoms with Gasteiger partial charge in [0.1, 0.15) is 16.9 Å². The average molecular weight is 544 g/mol. The quantitative estimate of drug-likeness (QED) is 0.486. The highest BCUT2D eigenvalue weighted by atomic mass is 35.5. The highest BCUT2D eigenvalue weighted by molar-refractivity contribution is 7.89. The number of nitrogens with zero attached hydrogens (tertiary/aromatic N) is 2. The topological polar surface area (TPSA) is 88.2 Å². The van der Waals surface area contributed by atoms with Crippen LogP contribution in [0.4, 0.5) is 8.78 Å². The molecule has 196 valence electrons. The van der Waals surface area contributed by atoms with Gasteiger partial charge in [-0.05, 0) is 29.8 Å². The molecule has 0 aliphatic carbocycles. The third kappa shape index (κ3) is 6.21. The summed E-state index contributed by atoms with van der Waals surface area (Å²) >= 11 is 5.96. The number of rotatable bonds is 9. The normalized spacial score (nSPS) is 18.6. The maximum absolute atomic E-state index is 14.5. The van der Waals surface area contributed by atoms with Gasteiger partial charge >= 0.3 is 5.97 Å². The summed E-state index contributed by atoms with van der Waals surface area (Å²) in [4.78, 5) is 16.0. The molecule has 36 heavy (non-hydrogen) atoms. The monoisotopic (exact) mass is 543 g/mol. The Hall–Kier alpha value is -2.15. The zero-order valence-electron chi connectivity index (χ0n) is 19.8. The molecule has 0 bridgehead atoms. The molecule has 2 aliphatic rings. The number of halogens is 3. The van der Waals surface area contributed by atoms with E-state index in [1.54, 1.807) is 0 Å². The third-order valence-corrected chi connectivity index (χ3v) is 8.60. The summed E-state index contributed by atoms with van der Waals surface area (Å²) in [5.41, 5.74) is 0.428. The van der Waals surface area contributed by atoms with Gasteiger partial charge in [0.25, 0.3) is 0 Å². The van der Waals surface area contributed by atoms with Gasteiger partial charge in [0, 0.05) is 44.8 Å². The second-order valence-corrected chi connectivity index (χ2v) is 11.2. The minimum Gasteiger partial charge on any atom is -0.465 e. The van der Waals surface area contributed by atoms with Crippen molar-refractivity contribution in [2.45, 2.75) is 17.8 Å². The summed E-state index contributed by atoms with van der Waals surface area (Å²) < 4.78 is 67.5. The van der Waals surface area contributed by atoms with E-state index in [2.05, 4.69) is 14.4 Å². The van der Waals surface area contributed by atoms with E-state index in [1.807, 2.05) is 4.90 Å². The molecule has 1 atom stereocenters. The molecular formula is C24H28ClF2N3O5S. The largest absolute Gasteiger partial charge is 0.465 e. The highest BCUT2D eigenvalue weighted by Crippen LogP contribution is 2.28. The van der Waals surface area contributed by atoms with Gasteiger partial charge in [-0.15, -0.1) is 0 Å². The Morgan fingerprint density at radius 3 is 2.44 bits per heavy atom. The minimum absolute atomic E-state index is 0.0213. The number of methoxy groups -OCH3 is 1. The van der Waals surface area contributed by atoms with Crippen LogP contribution < -0.4 is 4.72 Å². The SMILES string of the molecule is COC(=O)c1ccc(CNS(=O)(=O)C(CN2CCN(C3COC3)CC2)c2ccc(F)c(Cl)c2)c(F)c1. The van der Waals surface area contributed by atoms with Crippen LogP contribution in [0.3, 0.4) is 0 Å². The molecule has 2 heterocycles. The van der Waals surface area contributed by atoms with Crippen LogP contribution in [-0.2, 0) is 26.0 Å². The van der Waals surface area contributed by atoms with Crippen molar-refractivity contribution in [2.24, 2.45) is 0 Å². The molecule has 0 saturated carbocycles. The maximum Gasteiger partial charge on any atom is 0.337 e. The first-order valence-electron chi connectivity index (χ1n) is 11.5. The fourth-order valence-corrected chi connectivity index (χ4v) is 5.95. The molecule has 2 aromatic rings. The summed E-state index contributed by atoms with van der Waals surface area (Å²) in [7, 11) is -2.85. The third-order valence-electron chi connectivity index (χ3n) is 6.60. The zero-order chi connectivity index (χ0) is 25.9. The van der Waals surface area contributed by atoms with E-state index in [4.69, 9.17) is 16.3 Å². The molecule has 0 spiro atoms. The second kappa shape index (κ2) is 11.5. The summed E-state index contributed by atoms with van der Waals surface area (Å²) in [6.07, 6.45) is 0. The Morgan fingerprint density at radius 1 is 1.14 bits per heavy atom. The standard InChI is InChI=1S/C24H28ClF2N3O5S/c1-34-24(31)17-2-3-18(22(27)11-17)12-28-36(32,33)23(16-4-5-21(26)20(25)10-16)13-29-6-8-30(9-7-29)19-14-35-15-19/h2-5,10-11,19,23,28H,6-9,12-15H2,1H3. The van der Waals surface area contributed by atoms with Gasteiger partial charge in [0.15, 0.2) is 0 Å². The van der Waals surface area contributed by atoms with Crippen LogP contribution in [-0.4, -0.2) is 83.3 Å². The van der Waals surface area contributed by atoms with E-state index in [0.717, 1.165) is 25.2 Å². The van der Waals surface area contributed by atoms with Crippen LogP contribution in [0.25, 0.3) is 0 Å². The predicted octanol–water partition coefficient (Wildman–Crippen LogP) is 2.58. The van der Waals surface area contributed by atoms with Gasteiger partial charge in [0.2, 0.25) is 10.0 Å². The Balaban J connectivity index is 1.50. The number of hydrogen-bond donors (Lipinski definition) is 1. The molecule has 4 rings (SSSR count). The number of sulfonamides is 1. The number of benzene rings is 2. The molecular weight excluding hydrogens is 516 g/mol. The van der Waals surface area contributed by atoms with Crippen molar-refractivity contribution in [1.29, 1.82) is 0 Å². The Labute approximate surface area is 214 Å². The summed E-state index contributed by atoms with van der Waals surface area (Å²) in [5.74, 6) is -2.08. The van der Waals surface area contributed by atoms with Gasteiger partial charge < -0.3 is 9.47 Å². The molecule has 2 saturated heterocycles. The number of piperazine rings is 1. The Kier molecular flexibility index (Phi) is 8.59. The highest BCUT2D eigenvalue weighted by Gasteiger charge is 2.33. The molecule has 12 heteroatoms. The Bertz CT molecular complexity index is 1200. The summed E-state index contributed by atoms with van der Waals surface area (Å²) in [6.45, 7) is 4.18. The van der Waals surface area contributed by atoms with Crippen molar-refractivity contribution in [1.82, 2.24) is 14.5 Å². The summed E-state index contributed by atoms with van der Waals surface area (Å²) in [5, 5.41) is -1.24. The van der Waals surface area contributed by atoms with Crippen molar-refractivity contribution in [2.75, 3.05) is 53.0 Å². The van der Waals surface area contributed by atoms with Crippen molar-refractivity contribution in [3.63, 3.8) is 0 Å². The van der Waals surface area contributed by atoms with Crippen LogP contribution in [0.5, 0.6) is 0 Å². The van der Waals surface area contributed by atoms with Gasteiger partial charge in [-0.3, -0.25) is 9.80 Å². The molecule has 0 amide bonds. The molecule has 1 N–H and O–H groups in total. The van der Waals surface area contributed by atoms with Crippen LogP contribution in [0.2, 0.25) is 5.02 Å². The smallest absolute Gasteiger partial charge is 0.337 e. The van der Waals surface area contributed by atoms with Gasteiger partial charge in [0.05, 0.1) is 37.0 Å². The van der Waals surface area contributed by atoms with E-state index in [-0.39, 0.29) is 29.2 Å². The van der Waals surface area contributed by atoms with E-state index in [0.29, 0.717) is 37.9 Å². The molecule has 8 nitrogen and oxygen atoms in total. The first-order chi connectivity index (χ1) is 17.2. The Morgan fingerprint density at radius 2 is 1.86 bits per heavy atom. The van der Waals surface area contributed by atoms with E-state index in [1.165, 1.54) is 31.4 Å². The van der Waals surface area contributed by atoms with Crippen LogP contribution >= 0.6 is 11.6 Å². The fourth-order valence-electron chi connectivity index (χ4n) is 4.29. The van der Waals surface area contributed by atoms with Crippen LogP contribution in [0.15, 0.2) is 36.4 Å².